The highest BCUT2D eigenvalue weighted by molar-refractivity contribution is 5.92. The number of nitrogens with zero attached hydrogens (tertiary/aromatic N) is 6. The summed E-state index contributed by atoms with van der Waals surface area (Å²) in [6, 6.07) is 6.86. The molecule has 7 rings (SSSR count). The van der Waals surface area contributed by atoms with Gasteiger partial charge in [0.1, 0.15) is 47.7 Å². The lowest BCUT2D eigenvalue weighted by Gasteiger charge is -2.35. The Morgan fingerprint density at radius 3 is 2.54 bits per heavy atom. The van der Waals surface area contributed by atoms with Gasteiger partial charge in [-0.15, -0.1) is 0 Å². The van der Waals surface area contributed by atoms with Crippen molar-refractivity contribution in [3.8, 4) is 28.4 Å². The first-order chi connectivity index (χ1) is 22.2. The molecule has 2 bridgehead atoms. The lowest BCUT2D eigenvalue weighted by Crippen LogP contribution is -2.49. The molecule has 46 heavy (non-hydrogen) atoms. The highest BCUT2D eigenvalue weighted by Crippen LogP contribution is 2.46. The third kappa shape index (κ3) is 4.70. The van der Waals surface area contributed by atoms with Crippen molar-refractivity contribution in [3.05, 3.63) is 89.1 Å². The first kappa shape index (κ1) is 29.6. The quantitative estimate of drug-likeness (QED) is 0.236. The largest absolute Gasteiger partial charge is 0.489 e. The molecule has 0 radical (unpaired) electrons. The molecule has 3 aliphatic rings. The molecular formula is C34H32F2N6O4. The van der Waals surface area contributed by atoms with E-state index in [0.717, 1.165) is 0 Å². The van der Waals surface area contributed by atoms with Gasteiger partial charge in [0.15, 0.2) is 11.5 Å². The number of rotatable bonds is 3. The number of hydrogen-bond donors (Lipinski definition) is 0. The van der Waals surface area contributed by atoms with E-state index >= 15 is 8.78 Å². The van der Waals surface area contributed by atoms with Crippen LogP contribution in [0.4, 0.5) is 14.6 Å². The van der Waals surface area contributed by atoms with Crippen LogP contribution in [0.5, 0.6) is 11.5 Å². The van der Waals surface area contributed by atoms with Crippen LogP contribution in [0.3, 0.4) is 0 Å². The second kappa shape index (κ2) is 11.3. The molecule has 2 fully saturated rings. The summed E-state index contributed by atoms with van der Waals surface area (Å²) in [5.74, 6) is -1.09. The number of carbonyl (C=O) groups is 1. The molecule has 1 aromatic carbocycles. The van der Waals surface area contributed by atoms with Crippen molar-refractivity contribution in [2.75, 3.05) is 31.2 Å². The van der Waals surface area contributed by atoms with Crippen LogP contribution in [-0.4, -0.2) is 68.7 Å². The Hall–Kier alpha value is -5.13. The van der Waals surface area contributed by atoms with Crippen LogP contribution in [0.2, 0.25) is 0 Å². The fourth-order valence-electron chi connectivity index (χ4n) is 6.68. The zero-order valence-electron chi connectivity index (χ0n) is 25.6. The van der Waals surface area contributed by atoms with Crippen LogP contribution in [0.25, 0.3) is 28.0 Å². The molecule has 1 saturated heterocycles. The minimum absolute atomic E-state index is 0.0578. The van der Waals surface area contributed by atoms with Gasteiger partial charge in [0.05, 0.1) is 28.7 Å². The molecule has 3 aromatic heterocycles. The molecule has 12 heteroatoms. The minimum atomic E-state index is -0.814. The summed E-state index contributed by atoms with van der Waals surface area (Å²) in [5.41, 5.74) is -0.239. The minimum Gasteiger partial charge on any atom is -0.489 e. The predicted molar refractivity (Wildman–Crippen MR) is 168 cm³/mol. The van der Waals surface area contributed by atoms with Gasteiger partial charge in [0.2, 0.25) is 5.91 Å². The third-order valence-corrected chi connectivity index (χ3v) is 8.85. The molecule has 1 aliphatic carbocycles. The molecule has 10 nitrogen and oxygen atoms in total. The van der Waals surface area contributed by atoms with Crippen molar-refractivity contribution >= 4 is 22.8 Å². The maximum Gasteiger partial charge on any atom is 0.356 e. The molecule has 4 aromatic rings. The Balaban J connectivity index is 1.54. The van der Waals surface area contributed by atoms with Crippen LogP contribution in [0.15, 0.2) is 66.1 Å². The van der Waals surface area contributed by atoms with Crippen molar-refractivity contribution < 1.29 is 23.0 Å². The van der Waals surface area contributed by atoms with Gasteiger partial charge >= 0.3 is 5.69 Å². The number of benzene rings is 1. The number of halogens is 2. The van der Waals surface area contributed by atoms with E-state index in [0.29, 0.717) is 30.2 Å². The third-order valence-electron chi connectivity index (χ3n) is 8.85. The number of hydrogen-bond acceptors (Lipinski definition) is 8. The van der Waals surface area contributed by atoms with E-state index in [9.17, 15) is 9.59 Å². The predicted octanol–water partition coefficient (Wildman–Crippen LogP) is 4.79. The van der Waals surface area contributed by atoms with E-state index in [-0.39, 0.29) is 76.9 Å². The number of ether oxygens (including phenoxy) is 2. The Kier molecular flexibility index (Phi) is 7.29. The summed E-state index contributed by atoms with van der Waals surface area (Å²) in [7, 11) is 0. The second-order valence-corrected chi connectivity index (χ2v) is 11.9. The van der Waals surface area contributed by atoms with Crippen molar-refractivity contribution in [2.45, 2.75) is 38.8 Å². The van der Waals surface area contributed by atoms with E-state index in [4.69, 9.17) is 14.5 Å². The van der Waals surface area contributed by atoms with Crippen LogP contribution >= 0.6 is 0 Å². The van der Waals surface area contributed by atoms with Crippen molar-refractivity contribution in [1.29, 1.82) is 0 Å². The highest BCUT2D eigenvalue weighted by atomic mass is 19.1. The Bertz CT molecular complexity index is 1990. The lowest BCUT2D eigenvalue weighted by molar-refractivity contribution is -0.127. The number of aromatic nitrogens is 4. The van der Waals surface area contributed by atoms with Gasteiger partial charge < -0.3 is 19.3 Å². The van der Waals surface area contributed by atoms with E-state index in [2.05, 4.69) is 16.5 Å². The zero-order valence-corrected chi connectivity index (χ0v) is 25.6. The maximum atomic E-state index is 16.3. The Morgan fingerprint density at radius 2 is 1.80 bits per heavy atom. The van der Waals surface area contributed by atoms with Gasteiger partial charge in [-0.3, -0.25) is 9.78 Å². The topological polar surface area (TPSA) is 103 Å². The molecule has 5 heterocycles. The monoisotopic (exact) mass is 626 g/mol. The first-order valence-electron chi connectivity index (χ1n) is 15.2. The number of carbonyl (C=O) groups excluding carboxylic acids is 1. The lowest BCUT2D eigenvalue weighted by atomic mass is 10.1. The average molecular weight is 627 g/mol. The number of fused-ring (bicyclic) bond motifs is 6. The molecular weight excluding hydrogens is 594 g/mol. The van der Waals surface area contributed by atoms with Gasteiger partial charge in [-0.05, 0) is 42.3 Å². The van der Waals surface area contributed by atoms with Crippen LogP contribution in [0, 0.1) is 17.6 Å². The van der Waals surface area contributed by atoms with Crippen molar-refractivity contribution in [3.63, 3.8) is 0 Å². The average Bonchev–Trinajstić information content (AvgIpc) is 3.72. The number of anilines is 1. The van der Waals surface area contributed by atoms with Crippen molar-refractivity contribution in [1.82, 2.24) is 24.4 Å². The fourth-order valence-corrected chi connectivity index (χ4v) is 6.68. The van der Waals surface area contributed by atoms with E-state index in [1.54, 1.807) is 35.4 Å². The summed E-state index contributed by atoms with van der Waals surface area (Å²) in [6.45, 7) is 10.5. The van der Waals surface area contributed by atoms with Gasteiger partial charge in [0, 0.05) is 31.3 Å². The van der Waals surface area contributed by atoms with Gasteiger partial charge in [-0.2, -0.15) is 4.98 Å². The Labute approximate surface area is 263 Å². The van der Waals surface area contributed by atoms with Crippen molar-refractivity contribution in [2.24, 2.45) is 5.92 Å². The highest BCUT2D eigenvalue weighted by Gasteiger charge is 2.58. The standard InChI is InChI=1S/C34H32F2N6O4/c1-5-25(43)40-13-14-41(30-19(4)29(30)40)32-20-17-22(36)28-26-21(35)9-8-10-23(26)45-15-6-7-16-46-24-11-12-37-27(18(2)3)31(24)42(33(20)38-28)34(44)39-32/h5-12,17-19,29-30H,1,13-16H2,2-4H3/b7-6-/t19-,29+,30-/m1/s1. The normalized spacial score (nSPS) is 21.0. The maximum absolute atomic E-state index is 16.3. The summed E-state index contributed by atoms with van der Waals surface area (Å²) >= 11 is 0. The molecule has 0 unspecified atom stereocenters. The zero-order chi connectivity index (χ0) is 32.3. The molecule has 2 aliphatic heterocycles. The number of amides is 1. The van der Waals surface area contributed by atoms with Gasteiger partial charge in [0.25, 0.3) is 0 Å². The first-order valence-corrected chi connectivity index (χ1v) is 15.2. The van der Waals surface area contributed by atoms with Crippen LogP contribution in [-0.2, 0) is 4.79 Å². The van der Waals surface area contributed by atoms with E-state index in [1.165, 1.54) is 28.8 Å². The SMILES string of the molecule is C=CC(=O)N1CCN(c2nc(=O)n3c4nc(c(F)cc24)-c2c(F)cccc2OC/C=C\COc2ccnc(C(C)C)c2-3)[C@@H]2[C@H](C)[C@@H]21. The molecule has 1 amide bonds. The van der Waals surface area contributed by atoms with Gasteiger partial charge in [-0.25, -0.2) is 23.1 Å². The molecule has 0 spiro atoms. The summed E-state index contributed by atoms with van der Waals surface area (Å²) in [5, 5.41) is 0.248. The smallest absolute Gasteiger partial charge is 0.356 e. The second-order valence-electron chi connectivity index (χ2n) is 11.9. The molecule has 1 saturated carbocycles. The van der Waals surface area contributed by atoms with Crippen LogP contribution in [0.1, 0.15) is 32.4 Å². The van der Waals surface area contributed by atoms with E-state index < -0.39 is 17.3 Å². The molecule has 3 atom stereocenters. The Morgan fingerprint density at radius 1 is 1.04 bits per heavy atom. The van der Waals surface area contributed by atoms with E-state index in [1.807, 2.05) is 25.7 Å². The molecule has 0 N–H and O–H groups in total. The molecule has 236 valence electrons. The van der Waals surface area contributed by atoms with Gasteiger partial charge in [-0.1, -0.05) is 33.4 Å². The number of pyridine rings is 2. The summed E-state index contributed by atoms with van der Waals surface area (Å²) < 4.78 is 45.1. The number of piperazine rings is 1. The summed E-state index contributed by atoms with van der Waals surface area (Å²) in [4.78, 5) is 44.4. The summed E-state index contributed by atoms with van der Waals surface area (Å²) in [6.07, 6.45) is 6.34. The van der Waals surface area contributed by atoms with Crippen LogP contribution < -0.4 is 20.1 Å². The fraction of sp³-hybridized carbons (Fsp3) is 0.324.